The Labute approximate surface area is 143 Å². The van der Waals surface area contributed by atoms with Gasteiger partial charge in [-0.25, -0.2) is 0 Å². The van der Waals surface area contributed by atoms with E-state index in [9.17, 15) is 4.79 Å². The lowest BCUT2D eigenvalue weighted by Gasteiger charge is -2.44. The number of furan rings is 1. The van der Waals surface area contributed by atoms with Gasteiger partial charge in [-0.2, -0.15) is 0 Å². The molecule has 3 aromatic rings. The zero-order valence-electron chi connectivity index (χ0n) is 12.9. The van der Waals surface area contributed by atoms with Crippen molar-refractivity contribution in [3.63, 3.8) is 0 Å². The Morgan fingerprint density at radius 2 is 1.87 bits per heavy atom. The van der Waals surface area contributed by atoms with Crippen molar-refractivity contribution in [1.82, 2.24) is 0 Å². The van der Waals surface area contributed by atoms with Crippen LogP contribution in [0.4, 0.5) is 0 Å². The molecule has 1 heterocycles. The third kappa shape index (κ3) is 2.53. The molecule has 0 spiro atoms. The summed E-state index contributed by atoms with van der Waals surface area (Å²) in [6.45, 7) is 2.24. The summed E-state index contributed by atoms with van der Waals surface area (Å²) in [6, 6.07) is 18.1. The second-order valence-corrected chi connectivity index (χ2v) is 7.60. The number of ketones is 1. The Balaban J connectivity index is 1.54. The zero-order chi connectivity index (χ0) is 16.0. The quantitative estimate of drug-likeness (QED) is 0.551. The molecular weight excluding hydrogens is 352 g/mol. The number of hydrogen-bond acceptors (Lipinski definition) is 2. The molecule has 1 fully saturated rings. The van der Waals surface area contributed by atoms with E-state index in [0.717, 1.165) is 28.3 Å². The van der Waals surface area contributed by atoms with Gasteiger partial charge >= 0.3 is 0 Å². The molecule has 1 aliphatic carbocycles. The van der Waals surface area contributed by atoms with Gasteiger partial charge in [0.05, 0.1) is 0 Å². The fourth-order valence-electron chi connectivity index (χ4n) is 3.63. The van der Waals surface area contributed by atoms with Crippen LogP contribution < -0.4 is 0 Å². The molecule has 0 amide bonds. The second kappa shape index (κ2) is 5.34. The molecule has 116 valence electrons. The van der Waals surface area contributed by atoms with Crippen LogP contribution in [-0.4, -0.2) is 5.78 Å². The highest BCUT2D eigenvalue weighted by atomic mass is 79.9. The van der Waals surface area contributed by atoms with E-state index in [2.05, 4.69) is 47.1 Å². The fraction of sp³-hybridized carbons (Fsp3) is 0.250. The number of rotatable bonds is 3. The first-order valence-corrected chi connectivity index (χ1v) is 8.63. The summed E-state index contributed by atoms with van der Waals surface area (Å²) in [5.41, 5.74) is 2.19. The Morgan fingerprint density at radius 3 is 2.61 bits per heavy atom. The van der Waals surface area contributed by atoms with Gasteiger partial charge in [-0.3, -0.25) is 4.79 Å². The van der Waals surface area contributed by atoms with Crippen LogP contribution in [0.15, 0.2) is 63.5 Å². The maximum atomic E-state index is 12.7. The number of halogens is 1. The van der Waals surface area contributed by atoms with Crippen LogP contribution in [0.5, 0.6) is 0 Å². The molecule has 3 heteroatoms. The van der Waals surface area contributed by atoms with Crippen molar-refractivity contribution in [2.75, 3.05) is 0 Å². The normalized spacial score (nSPS) is 23.7. The summed E-state index contributed by atoms with van der Waals surface area (Å²) in [7, 11) is 0. The van der Waals surface area contributed by atoms with Crippen molar-refractivity contribution in [1.29, 1.82) is 0 Å². The molecule has 0 N–H and O–H groups in total. The first-order valence-electron chi connectivity index (χ1n) is 7.84. The molecule has 0 atom stereocenters. The summed E-state index contributed by atoms with van der Waals surface area (Å²) in [5, 5.41) is 0.966. The van der Waals surface area contributed by atoms with Gasteiger partial charge in [-0.15, -0.1) is 0 Å². The van der Waals surface area contributed by atoms with Gasteiger partial charge in [0.2, 0.25) is 5.78 Å². The molecule has 1 saturated carbocycles. The third-order valence-corrected chi connectivity index (χ3v) is 5.45. The van der Waals surface area contributed by atoms with Gasteiger partial charge in [0.15, 0.2) is 5.76 Å². The lowest BCUT2D eigenvalue weighted by molar-refractivity contribution is 0.0707. The Morgan fingerprint density at radius 1 is 1.13 bits per heavy atom. The topological polar surface area (TPSA) is 30.2 Å². The maximum absolute atomic E-state index is 12.7. The molecule has 2 aromatic carbocycles. The van der Waals surface area contributed by atoms with E-state index in [0.29, 0.717) is 5.76 Å². The predicted octanol–water partition coefficient (Wildman–Crippen LogP) is 5.75. The lowest BCUT2D eigenvalue weighted by atomic mass is 9.58. The van der Waals surface area contributed by atoms with Crippen LogP contribution in [0, 0.1) is 5.92 Å². The van der Waals surface area contributed by atoms with E-state index >= 15 is 0 Å². The molecule has 1 aliphatic rings. The molecule has 23 heavy (non-hydrogen) atoms. The van der Waals surface area contributed by atoms with Crippen LogP contribution in [0.1, 0.15) is 35.9 Å². The molecule has 4 rings (SSSR count). The van der Waals surface area contributed by atoms with Crippen LogP contribution in [0.25, 0.3) is 11.0 Å². The standard InChI is InChI=1S/C20H17BrO2/c1-20(15-5-3-2-4-6-15)11-14(12-20)19(22)18-10-13-9-16(21)7-8-17(13)23-18/h2-10,14H,11-12H2,1H3. The van der Waals surface area contributed by atoms with Crippen molar-refractivity contribution in [2.24, 2.45) is 5.92 Å². The van der Waals surface area contributed by atoms with Gasteiger partial charge in [-0.05, 0) is 48.1 Å². The minimum absolute atomic E-state index is 0.0595. The van der Waals surface area contributed by atoms with Crippen LogP contribution in [-0.2, 0) is 5.41 Å². The molecule has 1 aromatic heterocycles. The van der Waals surface area contributed by atoms with Gasteiger partial charge in [0.1, 0.15) is 5.58 Å². The third-order valence-electron chi connectivity index (χ3n) is 4.96. The second-order valence-electron chi connectivity index (χ2n) is 6.69. The number of carbonyl (C=O) groups is 1. The van der Waals surface area contributed by atoms with Crippen molar-refractivity contribution >= 4 is 32.7 Å². The Kier molecular flexibility index (Phi) is 3.42. The summed E-state index contributed by atoms with van der Waals surface area (Å²) in [6.07, 6.45) is 1.77. The lowest BCUT2D eigenvalue weighted by Crippen LogP contribution is -2.42. The van der Waals surface area contributed by atoms with E-state index in [-0.39, 0.29) is 17.1 Å². The average Bonchev–Trinajstić information content (AvgIpc) is 2.95. The number of fused-ring (bicyclic) bond motifs is 1. The number of carbonyl (C=O) groups excluding carboxylic acids is 1. The first kappa shape index (κ1) is 14.7. The summed E-state index contributed by atoms with van der Waals surface area (Å²) in [5.74, 6) is 0.674. The Hall–Kier alpha value is -1.87. The van der Waals surface area contributed by atoms with E-state index < -0.39 is 0 Å². The summed E-state index contributed by atoms with van der Waals surface area (Å²) >= 11 is 3.45. The minimum Gasteiger partial charge on any atom is -0.453 e. The van der Waals surface area contributed by atoms with E-state index in [1.165, 1.54) is 5.56 Å². The van der Waals surface area contributed by atoms with Crippen LogP contribution in [0.2, 0.25) is 0 Å². The highest BCUT2D eigenvalue weighted by Crippen LogP contribution is 2.48. The molecule has 0 saturated heterocycles. The van der Waals surface area contributed by atoms with Gasteiger partial charge in [0.25, 0.3) is 0 Å². The highest BCUT2D eigenvalue weighted by Gasteiger charge is 2.45. The van der Waals surface area contributed by atoms with Crippen molar-refractivity contribution in [2.45, 2.75) is 25.2 Å². The van der Waals surface area contributed by atoms with E-state index in [1.54, 1.807) is 0 Å². The Bertz CT molecular complexity index is 873. The molecule has 0 bridgehead atoms. The smallest absolute Gasteiger partial charge is 0.201 e. The average molecular weight is 369 g/mol. The number of hydrogen-bond donors (Lipinski definition) is 0. The maximum Gasteiger partial charge on any atom is 0.201 e. The van der Waals surface area contributed by atoms with E-state index in [1.807, 2.05) is 30.3 Å². The van der Waals surface area contributed by atoms with Crippen LogP contribution >= 0.6 is 15.9 Å². The zero-order valence-corrected chi connectivity index (χ0v) is 14.5. The monoisotopic (exact) mass is 368 g/mol. The largest absolute Gasteiger partial charge is 0.453 e. The molecule has 0 radical (unpaired) electrons. The van der Waals surface area contributed by atoms with Crippen LogP contribution in [0.3, 0.4) is 0 Å². The fourth-order valence-corrected chi connectivity index (χ4v) is 4.01. The van der Waals surface area contributed by atoms with Gasteiger partial charge < -0.3 is 4.42 Å². The van der Waals surface area contributed by atoms with Crippen molar-refractivity contribution in [3.8, 4) is 0 Å². The minimum atomic E-state index is 0.0595. The van der Waals surface area contributed by atoms with Gasteiger partial charge in [0, 0.05) is 15.8 Å². The van der Waals surface area contributed by atoms with Gasteiger partial charge in [-0.1, -0.05) is 53.2 Å². The predicted molar refractivity (Wildman–Crippen MR) is 94.8 cm³/mol. The summed E-state index contributed by atoms with van der Waals surface area (Å²) in [4.78, 5) is 12.7. The molecule has 0 aliphatic heterocycles. The number of Topliss-reactive ketones (excluding diaryl/α,β-unsaturated/α-hetero) is 1. The van der Waals surface area contributed by atoms with Crippen molar-refractivity contribution in [3.05, 3.63) is 70.4 Å². The number of benzene rings is 2. The van der Waals surface area contributed by atoms with Crippen molar-refractivity contribution < 1.29 is 9.21 Å². The highest BCUT2D eigenvalue weighted by molar-refractivity contribution is 9.10. The molecular formula is C20H17BrO2. The SMILES string of the molecule is CC1(c2ccccc2)CC(C(=O)c2cc3cc(Br)ccc3o2)C1. The molecule has 0 unspecified atom stereocenters. The van der Waals surface area contributed by atoms with E-state index in [4.69, 9.17) is 4.42 Å². The summed E-state index contributed by atoms with van der Waals surface area (Å²) < 4.78 is 6.74. The first-order chi connectivity index (χ1) is 11.0. The molecule has 2 nitrogen and oxygen atoms in total.